The molecule has 0 fully saturated rings. The van der Waals surface area contributed by atoms with Gasteiger partial charge in [-0.25, -0.2) is 9.97 Å². The Kier molecular flexibility index (Phi) is 6.20. The fourth-order valence-electron chi connectivity index (χ4n) is 3.15. The van der Waals surface area contributed by atoms with Gasteiger partial charge in [-0.3, -0.25) is 4.79 Å². The van der Waals surface area contributed by atoms with Gasteiger partial charge < -0.3 is 15.4 Å². The molecule has 4 rings (SSSR count). The molecule has 0 saturated carbocycles. The third kappa shape index (κ3) is 5.96. The second kappa shape index (κ2) is 9.12. The first kappa shape index (κ1) is 23.8. The van der Waals surface area contributed by atoms with Crippen LogP contribution in [-0.2, 0) is 6.18 Å². The summed E-state index contributed by atoms with van der Waals surface area (Å²) in [5, 5.41) is 5.87. The molecule has 0 radical (unpaired) electrons. The summed E-state index contributed by atoms with van der Waals surface area (Å²) in [6.07, 6.45) is -8.13. The van der Waals surface area contributed by atoms with E-state index in [9.17, 15) is 31.1 Å². The number of rotatable bonds is 5. The molecule has 35 heavy (non-hydrogen) atoms. The first-order valence-corrected chi connectivity index (χ1v) is 9.84. The van der Waals surface area contributed by atoms with Crippen molar-refractivity contribution in [2.45, 2.75) is 12.5 Å². The number of anilines is 3. The molecule has 3 aromatic carbocycles. The van der Waals surface area contributed by atoms with E-state index in [1.807, 2.05) is 0 Å². The van der Waals surface area contributed by atoms with Gasteiger partial charge >= 0.3 is 12.5 Å². The topological polar surface area (TPSA) is 76.1 Å². The zero-order chi connectivity index (χ0) is 25.2. The minimum atomic E-state index is -4.80. The van der Waals surface area contributed by atoms with Crippen LogP contribution >= 0.6 is 0 Å². The molecule has 0 aliphatic rings. The van der Waals surface area contributed by atoms with Gasteiger partial charge in [-0.2, -0.15) is 13.2 Å². The first-order chi connectivity index (χ1) is 16.5. The van der Waals surface area contributed by atoms with Crippen LogP contribution in [0.1, 0.15) is 15.9 Å². The fourth-order valence-corrected chi connectivity index (χ4v) is 3.15. The van der Waals surface area contributed by atoms with Crippen LogP contribution in [0.2, 0.25) is 0 Å². The van der Waals surface area contributed by atoms with Crippen molar-refractivity contribution >= 4 is 34.0 Å². The van der Waals surface area contributed by atoms with Crippen LogP contribution in [0.4, 0.5) is 43.5 Å². The lowest BCUT2D eigenvalue weighted by molar-refractivity contribution is -0.274. The summed E-state index contributed by atoms with van der Waals surface area (Å²) in [5.41, 5.74) is 0.0125. The van der Waals surface area contributed by atoms with E-state index in [2.05, 4.69) is 25.3 Å². The van der Waals surface area contributed by atoms with E-state index >= 15 is 0 Å². The normalized spacial score (nSPS) is 11.8. The molecule has 4 aromatic rings. The maximum absolute atomic E-state index is 12.9. The van der Waals surface area contributed by atoms with Crippen LogP contribution in [0, 0.1) is 0 Å². The first-order valence-electron chi connectivity index (χ1n) is 9.84. The van der Waals surface area contributed by atoms with Crippen LogP contribution in [0.5, 0.6) is 5.75 Å². The van der Waals surface area contributed by atoms with Crippen molar-refractivity contribution < 1.29 is 35.9 Å². The van der Waals surface area contributed by atoms with Gasteiger partial charge in [0.1, 0.15) is 17.9 Å². The molecule has 0 aliphatic carbocycles. The zero-order valence-electron chi connectivity index (χ0n) is 17.4. The average molecular weight is 492 g/mol. The number of halogens is 6. The summed E-state index contributed by atoms with van der Waals surface area (Å²) >= 11 is 0. The van der Waals surface area contributed by atoms with E-state index in [1.54, 1.807) is 6.07 Å². The SMILES string of the molecule is O=C(Nc1cccc(C(F)(F)F)c1)c1ccc2c(Nc3ccc(OC(F)(F)F)cc3)ncnc2c1. The summed E-state index contributed by atoms with van der Waals surface area (Å²) in [7, 11) is 0. The molecule has 1 aromatic heterocycles. The fraction of sp³-hybridized carbons (Fsp3) is 0.0870. The van der Waals surface area contributed by atoms with E-state index in [1.165, 1.54) is 42.7 Å². The highest BCUT2D eigenvalue weighted by Gasteiger charge is 2.31. The number of aromatic nitrogens is 2. The van der Waals surface area contributed by atoms with E-state index in [0.29, 0.717) is 22.4 Å². The van der Waals surface area contributed by atoms with Crippen molar-refractivity contribution in [3.05, 3.63) is 84.2 Å². The minimum Gasteiger partial charge on any atom is -0.406 e. The quantitative estimate of drug-likeness (QED) is 0.309. The number of nitrogens with zero attached hydrogens (tertiary/aromatic N) is 2. The molecule has 0 atom stereocenters. The van der Waals surface area contributed by atoms with Gasteiger partial charge in [-0.1, -0.05) is 6.07 Å². The Morgan fingerprint density at radius 2 is 1.57 bits per heavy atom. The molecule has 0 saturated heterocycles. The number of hydrogen-bond acceptors (Lipinski definition) is 5. The van der Waals surface area contributed by atoms with Gasteiger partial charge in [-0.05, 0) is 60.7 Å². The maximum Gasteiger partial charge on any atom is 0.573 e. The Hall–Kier alpha value is -4.35. The van der Waals surface area contributed by atoms with Crippen molar-refractivity contribution in [2.75, 3.05) is 10.6 Å². The number of nitrogens with one attached hydrogen (secondary N) is 2. The third-order valence-electron chi connectivity index (χ3n) is 4.70. The molecule has 0 unspecified atom stereocenters. The number of amides is 1. The largest absolute Gasteiger partial charge is 0.573 e. The molecule has 2 N–H and O–H groups in total. The van der Waals surface area contributed by atoms with Crippen LogP contribution in [0.25, 0.3) is 10.9 Å². The Bertz CT molecular complexity index is 1370. The summed E-state index contributed by atoms with van der Waals surface area (Å²) in [5.74, 6) is -0.698. The van der Waals surface area contributed by atoms with Gasteiger partial charge in [-0.15, -0.1) is 13.2 Å². The van der Waals surface area contributed by atoms with Gasteiger partial charge in [0.15, 0.2) is 0 Å². The van der Waals surface area contributed by atoms with Crippen molar-refractivity contribution in [1.29, 1.82) is 0 Å². The summed E-state index contributed by atoms with van der Waals surface area (Å²) in [6, 6.07) is 13.7. The molecule has 0 aliphatic heterocycles. The molecule has 0 spiro atoms. The lowest BCUT2D eigenvalue weighted by atomic mass is 10.1. The Balaban J connectivity index is 1.52. The van der Waals surface area contributed by atoms with E-state index in [-0.39, 0.29) is 17.0 Å². The van der Waals surface area contributed by atoms with Gasteiger partial charge in [0.25, 0.3) is 5.91 Å². The van der Waals surface area contributed by atoms with Crippen molar-refractivity contribution in [3.8, 4) is 5.75 Å². The third-order valence-corrected chi connectivity index (χ3v) is 4.70. The van der Waals surface area contributed by atoms with E-state index in [4.69, 9.17) is 0 Å². The van der Waals surface area contributed by atoms with Crippen molar-refractivity contribution in [3.63, 3.8) is 0 Å². The maximum atomic E-state index is 12.9. The summed E-state index contributed by atoms with van der Waals surface area (Å²) in [6.45, 7) is 0. The Morgan fingerprint density at radius 3 is 2.26 bits per heavy atom. The number of fused-ring (bicyclic) bond motifs is 1. The number of benzene rings is 3. The summed E-state index contributed by atoms with van der Waals surface area (Å²) < 4.78 is 79.5. The van der Waals surface area contributed by atoms with Gasteiger partial charge in [0, 0.05) is 22.3 Å². The number of hydrogen-bond donors (Lipinski definition) is 2. The van der Waals surface area contributed by atoms with E-state index in [0.717, 1.165) is 24.3 Å². The van der Waals surface area contributed by atoms with Crippen LogP contribution in [0.15, 0.2) is 73.1 Å². The average Bonchev–Trinajstić information content (AvgIpc) is 2.79. The molecular formula is C23H14F6N4O2. The lowest BCUT2D eigenvalue weighted by Gasteiger charge is -2.12. The number of carbonyl (C=O) groups excluding carboxylic acids is 1. The second-order valence-electron chi connectivity index (χ2n) is 7.18. The summed E-state index contributed by atoms with van der Waals surface area (Å²) in [4.78, 5) is 20.8. The lowest BCUT2D eigenvalue weighted by Crippen LogP contribution is -2.16. The second-order valence-corrected chi connectivity index (χ2v) is 7.18. The molecule has 12 heteroatoms. The highest BCUT2D eigenvalue weighted by Crippen LogP contribution is 2.31. The Morgan fingerprint density at radius 1 is 0.829 bits per heavy atom. The highest BCUT2D eigenvalue weighted by atomic mass is 19.4. The number of alkyl halides is 6. The molecule has 180 valence electrons. The zero-order valence-corrected chi connectivity index (χ0v) is 17.4. The molecule has 6 nitrogen and oxygen atoms in total. The monoisotopic (exact) mass is 492 g/mol. The highest BCUT2D eigenvalue weighted by molar-refractivity contribution is 6.07. The molecule has 1 heterocycles. The van der Waals surface area contributed by atoms with Gasteiger partial charge in [0.2, 0.25) is 0 Å². The minimum absolute atomic E-state index is 0.0204. The van der Waals surface area contributed by atoms with Crippen LogP contribution in [-0.4, -0.2) is 22.2 Å². The Labute approximate surface area is 193 Å². The molecule has 1 amide bonds. The predicted octanol–water partition coefficient (Wildman–Crippen LogP) is 6.54. The van der Waals surface area contributed by atoms with Crippen LogP contribution in [0.3, 0.4) is 0 Å². The van der Waals surface area contributed by atoms with E-state index < -0.39 is 24.0 Å². The van der Waals surface area contributed by atoms with Crippen molar-refractivity contribution in [1.82, 2.24) is 9.97 Å². The van der Waals surface area contributed by atoms with Crippen molar-refractivity contribution in [2.24, 2.45) is 0 Å². The predicted molar refractivity (Wildman–Crippen MR) is 115 cm³/mol. The molecule has 0 bridgehead atoms. The van der Waals surface area contributed by atoms with Crippen LogP contribution < -0.4 is 15.4 Å². The molecular weight excluding hydrogens is 478 g/mol. The smallest absolute Gasteiger partial charge is 0.406 e. The standard InChI is InChI=1S/C23H14F6N4O2/c24-22(25,26)14-2-1-3-16(11-14)33-21(34)13-4-9-18-19(10-13)30-12-31-20(18)32-15-5-7-17(8-6-15)35-23(27,28)29/h1-12H,(H,33,34)(H,30,31,32). The number of carbonyl (C=O) groups is 1. The number of ether oxygens (including phenoxy) is 1. The van der Waals surface area contributed by atoms with Gasteiger partial charge in [0.05, 0.1) is 11.1 Å².